The van der Waals surface area contributed by atoms with Crippen LogP contribution in [0.2, 0.25) is 0 Å². The highest BCUT2D eigenvalue weighted by molar-refractivity contribution is 7.80. The van der Waals surface area contributed by atoms with Gasteiger partial charge in [0.15, 0.2) is 0 Å². The number of nitrogens with two attached hydrogens (primary N) is 1. The molecule has 0 aliphatic rings. The van der Waals surface area contributed by atoms with E-state index in [1.807, 2.05) is 25.1 Å². The Labute approximate surface area is 103 Å². The van der Waals surface area contributed by atoms with Crippen LogP contribution in [0.5, 0.6) is 5.75 Å². The van der Waals surface area contributed by atoms with Gasteiger partial charge in [0, 0.05) is 5.56 Å². The van der Waals surface area contributed by atoms with Crippen LogP contribution in [0.15, 0.2) is 18.2 Å². The molecule has 16 heavy (non-hydrogen) atoms. The first kappa shape index (κ1) is 13.0. The van der Waals surface area contributed by atoms with Gasteiger partial charge in [0.1, 0.15) is 10.7 Å². The maximum Gasteiger partial charge on any atom is 0.122 e. The molecule has 1 rings (SSSR count). The Hall–Kier alpha value is -1.09. The Kier molecular flexibility index (Phi) is 4.74. The minimum Gasteiger partial charge on any atom is -0.493 e. The Morgan fingerprint density at radius 2 is 2.12 bits per heavy atom. The number of hydrogen-bond acceptors (Lipinski definition) is 2. The molecule has 0 unspecified atom stereocenters. The van der Waals surface area contributed by atoms with E-state index in [1.54, 1.807) is 0 Å². The largest absolute Gasteiger partial charge is 0.493 e. The fraction of sp³-hybridized carbons (Fsp3) is 0.462. The smallest absolute Gasteiger partial charge is 0.122 e. The second-order valence-electron chi connectivity index (χ2n) is 4.38. The van der Waals surface area contributed by atoms with Crippen LogP contribution in [-0.4, -0.2) is 11.6 Å². The predicted molar refractivity (Wildman–Crippen MR) is 72.0 cm³/mol. The summed E-state index contributed by atoms with van der Waals surface area (Å²) in [4.78, 5) is 0.411. The van der Waals surface area contributed by atoms with Crippen molar-refractivity contribution in [3.63, 3.8) is 0 Å². The molecular formula is C13H19NOS. The van der Waals surface area contributed by atoms with Gasteiger partial charge in [-0.15, -0.1) is 0 Å². The summed E-state index contributed by atoms with van der Waals surface area (Å²) in [5.41, 5.74) is 7.56. The van der Waals surface area contributed by atoms with Crippen LogP contribution in [0.3, 0.4) is 0 Å². The summed E-state index contributed by atoms with van der Waals surface area (Å²) in [5, 5.41) is 0. The number of thiocarbonyl (C=S) groups is 1. The maximum atomic E-state index is 5.72. The van der Waals surface area contributed by atoms with Crippen molar-refractivity contribution in [3.8, 4) is 5.75 Å². The van der Waals surface area contributed by atoms with Gasteiger partial charge in [0.25, 0.3) is 0 Å². The lowest BCUT2D eigenvalue weighted by atomic mass is 10.1. The van der Waals surface area contributed by atoms with Crippen LogP contribution >= 0.6 is 12.2 Å². The van der Waals surface area contributed by atoms with Crippen molar-refractivity contribution in [2.75, 3.05) is 6.61 Å². The quantitative estimate of drug-likeness (QED) is 0.799. The van der Waals surface area contributed by atoms with E-state index in [4.69, 9.17) is 22.7 Å². The van der Waals surface area contributed by atoms with Gasteiger partial charge in [0.2, 0.25) is 0 Å². The second-order valence-corrected chi connectivity index (χ2v) is 4.82. The van der Waals surface area contributed by atoms with E-state index in [9.17, 15) is 0 Å². The summed E-state index contributed by atoms with van der Waals surface area (Å²) in [7, 11) is 0. The molecule has 3 heteroatoms. The van der Waals surface area contributed by atoms with E-state index in [-0.39, 0.29) is 0 Å². The van der Waals surface area contributed by atoms with Gasteiger partial charge < -0.3 is 10.5 Å². The topological polar surface area (TPSA) is 35.2 Å². The Morgan fingerprint density at radius 1 is 1.44 bits per heavy atom. The van der Waals surface area contributed by atoms with Crippen molar-refractivity contribution in [1.29, 1.82) is 0 Å². The minimum absolute atomic E-state index is 0.411. The third kappa shape index (κ3) is 3.81. The third-order valence-electron chi connectivity index (χ3n) is 2.43. The normalized spacial score (nSPS) is 10.5. The van der Waals surface area contributed by atoms with Crippen LogP contribution in [-0.2, 0) is 0 Å². The van der Waals surface area contributed by atoms with Crippen molar-refractivity contribution in [1.82, 2.24) is 0 Å². The second kappa shape index (κ2) is 5.85. The fourth-order valence-corrected chi connectivity index (χ4v) is 1.44. The first-order valence-electron chi connectivity index (χ1n) is 5.54. The zero-order chi connectivity index (χ0) is 12.1. The summed E-state index contributed by atoms with van der Waals surface area (Å²) >= 11 is 4.94. The zero-order valence-electron chi connectivity index (χ0n) is 10.1. The summed E-state index contributed by atoms with van der Waals surface area (Å²) < 4.78 is 5.72. The Morgan fingerprint density at radius 3 is 2.69 bits per heavy atom. The molecule has 0 fully saturated rings. The van der Waals surface area contributed by atoms with Crippen LogP contribution in [0.4, 0.5) is 0 Å². The van der Waals surface area contributed by atoms with Crippen molar-refractivity contribution in [3.05, 3.63) is 29.3 Å². The van der Waals surface area contributed by atoms with E-state index in [0.29, 0.717) is 10.9 Å². The molecule has 0 aromatic heterocycles. The van der Waals surface area contributed by atoms with Crippen LogP contribution in [0.1, 0.15) is 31.4 Å². The standard InChI is InChI=1S/C13H19NOS/c1-9(2)6-7-15-12-8-11(13(14)16)5-4-10(12)3/h4-5,8-9H,6-7H2,1-3H3,(H2,14,16). The first-order valence-corrected chi connectivity index (χ1v) is 5.94. The van der Waals surface area contributed by atoms with Gasteiger partial charge >= 0.3 is 0 Å². The SMILES string of the molecule is Cc1ccc(C(N)=S)cc1OCCC(C)C. The van der Waals surface area contributed by atoms with E-state index >= 15 is 0 Å². The molecule has 2 N–H and O–H groups in total. The monoisotopic (exact) mass is 237 g/mol. The van der Waals surface area contributed by atoms with E-state index < -0.39 is 0 Å². The molecular weight excluding hydrogens is 218 g/mol. The summed E-state index contributed by atoms with van der Waals surface area (Å²) in [6, 6.07) is 5.82. The lowest BCUT2D eigenvalue weighted by Crippen LogP contribution is -2.10. The third-order valence-corrected chi connectivity index (χ3v) is 2.66. The molecule has 0 amide bonds. The molecule has 0 aliphatic heterocycles. The van der Waals surface area contributed by atoms with Crippen LogP contribution in [0, 0.1) is 12.8 Å². The van der Waals surface area contributed by atoms with Crippen molar-refractivity contribution < 1.29 is 4.74 Å². The summed E-state index contributed by atoms with van der Waals surface area (Å²) in [6.07, 6.45) is 1.05. The predicted octanol–water partition coefficient (Wildman–Crippen LogP) is 3.05. The average Bonchev–Trinajstić information content (AvgIpc) is 2.20. The molecule has 0 saturated heterocycles. The van der Waals surface area contributed by atoms with Crippen LogP contribution < -0.4 is 10.5 Å². The van der Waals surface area contributed by atoms with E-state index in [2.05, 4.69) is 13.8 Å². The highest BCUT2D eigenvalue weighted by Gasteiger charge is 2.04. The molecule has 0 radical (unpaired) electrons. The van der Waals surface area contributed by atoms with Gasteiger partial charge in [0.05, 0.1) is 6.61 Å². The number of aryl methyl sites for hydroxylation is 1. The highest BCUT2D eigenvalue weighted by Crippen LogP contribution is 2.20. The minimum atomic E-state index is 0.411. The molecule has 0 spiro atoms. The van der Waals surface area contributed by atoms with Crippen molar-refractivity contribution >= 4 is 17.2 Å². The molecule has 88 valence electrons. The molecule has 0 saturated carbocycles. The molecule has 1 aromatic carbocycles. The number of benzene rings is 1. The molecule has 2 nitrogen and oxygen atoms in total. The van der Waals surface area contributed by atoms with Gasteiger partial charge in [-0.3, -0.25) is 0 Å². The number of rotatable bonds is 5. The highest BCUT2D eigenvalue weighted by atomic mass is 32.1. The van der Waals surface area contributed by atoms with Crippen molar-refractivity contribution in [2.24, 2.45) is 11.7 Å². The van der Waals surface area contributed by atoms with Gasteiger partial charge in [-0.25, -0.2) is 0 Å². The summed E-state index contributed by atoms with van der Waals surface area (Å²) in [5.74, 6) is 1.53. The van der Waals surface area contributed by atoms with Gasteiger partial charge in [-0.05, 0) is 30.9 Å². The Balaban J connectivity index is 2.70. The number of hydrogen-bond donors (Lipinski definition) is 1. The molecule has 0 atom stereocenters. The fourth-order valence-electron chi connectivity index (χ4n) is 1.31. The summed E-state index contributed by atoms with van der Waals surface area (Å²) in [6.45, 7) is 7.12. The zero-order valence-corrected chi connectivity index (χ0v) is 10.9. The Bertz CT molecular complexity index is 374. The lowest BCUT2D eigenvalue weighted by Gasteiger charge is -2.11. The lowest BCUT2D eigenvalue weighted by molar-refractivity contribution is 0.288. The molecule has 1 aromatic rings. The van der Waals surface area contributed by atoms with E-state index in [0.717, 1.165) is 29.9 Å². The molecule has 0 aliphatic carbocycles. The number of ether oxygens (including phenoxy) is 1. The van der Waals surface area contributed by atoms with Crippen LogP contribution in [0.25, 0.3) is 0 Å². The molecule has 0 heterocycles. The maximum absolute atomic E-state index is 5.72. The van der Waals surface area contributed by atoms with Gasteiger partial charge in [-0.1, -0.05) is 38.2 Å². The first-order chi connectivity index (χ1) is 7.50. The van der Waals surface area contributed by atoms with E-state index in [1.165, 1.54) is 0 Å². The van der Waals surface area contributed by atoms with Crippen molar-refractivity contribution in [2.45, 2.75) is 27.2 Å². The molecule has 0 bridgehead atoms. The average molecular weight is 237 g/mol. The van der Waals surface area contributed by atoms with Gasteiger partial charge in [-0.2, -0.15) is 0 Å².